The first-order chi connectivity index (χ1) is 10.0. The normalized spacial score (nSPS) is 28.9. The number of nitrogens with one attached hydrogen (secondary N) is 1. The highest BCUT2D eigenvalue weighted by atomic mass is 16.5. The van der Waals surface area contributed by atoms with E-state index in [9.17, 15) is 0 Å². The monoisotopic (exact) mass is 297 g/mol. The summed E-state index contributed by atoms with van der Waals surface area (Å²) < 4.78 is 6.20. The second-order valence-corrected chi connectivity index (χ2v) is 7.44. The van der Waals surface area contributed by atoms with Gasteiger partial charge in [0.1, 0.15) is 0 Å². The van der Waals surface area contributed by atoms with Crippen molar-refractivity contribution in [3.8, 4) is 0 Å². The maximum atomic E-state index is 6.20. The van der Waals surface area contributed by atoms with Crippen LogP contribution in [0.2, 0.25) is 0 Å². The van der Waals surface area contributed by atoms with E-state index in [1.165, 1.54) is 39.0 Å². The predicted molar refractivity (Wildman–Crippen MR) is 88.8 cm³/mol. The number of nitrogens with zero attached hydrogens (tertiary/aromatic N) is 2. The number of hydrogen-bond acceptors (Lipinski definition) is 4. The molecule has 2 fully saturated rings. The number of rotatable bonds is 7. The minimum atomic E-state index is 0.436. The molecule has 4 nitrogen and oxygen atoms in total. The standard InChI is InChI=1S/C17H35N3O/c1-14(2)11-18-12-16-5-6-17(21-16)13-19-7-9-20(10-8-19)15(3)4/h14-18H,5-13H2,1-4H3. The Hall–Kier alpha value is -0.160. The van der Waals surface area contributed by atoms with Crippen LogP contribution in [0.25, 0.3) is 0 Å². The van der Waals surface area contributed by atoms with Crippen LogP contribution in [0.3, 0.4) is 0 Å². The molecule has 2 unspecified atom stereocenters. The first-order valence-corrected chi connectivity index (χ1v) is 8.87. The largest absolute Gasteiger partial charge is 0.372 e. The van der Waals surface area contributed by atoms with Gasteiger partial charge in [-0.15, -0.1) is 0 Å². The van der Waals surface area contributed by atoms with Crippen molar-refractivity contribution in [3.05, 3.63) is 0 Å². The van der Waals surface area contributed by atoms with Gasteiger partial charge >= 0.3 is 0 Å². The first kappa shape index (κ1) is 17.2. The Morgan fingerprint density at radius 2 is 1.67 bits per heavy atom. The van der Waals surface area contributed by atoms with Gasteiger partial charge in [-0.1, -0.05) is 13.8 Å². The van der Waals surface area contributed by atoms with Crippen molar-refractivity contribution in [2.75, 3.05) is 45.8 Å². The SMILES string of the molecule is CC(C)CNCC1CCC(CN2CCN(C(C)C)CC2)O1. The molecule has 2 saturated heterocycles. The smallest absolute Gasteiger partial charge is 0.0707 e. The van der Waals surface area contributed by atoms with Gasteiger partial charge in [-0.2, -0.15) is 0 Å². The molecule has 21 heavy (non-hydrogen) atoms. The van der Waals surface area contributed by atoms with Crippen LogP contribution in [-0.4, -0.2) is 73.9 Å². The fraction of sp³-hybridized carbons (Fsp3) is 1.00. The summed E-state index contributed by atoms with van der Waals surface area (Å²) in [7, 11) is 0. The molecule has 0 saturated carbocycles. The van der Waals surface area contributed by atoms with Crippen LogP contribution in [0, 0.1) is 5.92 Å². The van der Waals surface area contributed by atoms with E-state index >= 15 is 0 Å². The van der Waals surface area contributed by atoms with Gasteiger partial charge in [-0.05, 0) is 39.2 Å². The van der Waals surface area contributed by atoms with Gasteiger partial charge in [-0.3, -0.25) is 9.80 Å². The van der Waals surface area contributed by atoms with Crippen LogP contribution in [0.15, 0.2) is 0 Å². The van der Waals surface area contributed by atoms with Crippen LogP contribution in [0.1, 0.15) is 40.5 Å². The van der Waals surface area contributed by atoms with Crippen molar-refractivity contribution >= 4 is 0 Å². The summed E-state index contributed by atoms with van der Waals surface area (Å²) in [5.74, 6) is 0.722. The Morgan fingerprint density at radius 1 is 1.00 bits per heavy atom. The van der Waals surface area contributed by atoms with Crippen molar-refractivity contribution in [1.29, 1.82) is 0 Å². The second kappa shape index (κ2) is 8.47. The zero-order chi connectivity index (χ0) is 15.2. The van der Waals surface area contributed by atoms with E-state index in [1.807, 2.05) is 0 Å². The summed E-state index contributed by atoms with van der Waals surface area (Å²) in [4.78, 5) is 5.16. The molecule has 0 bridgehead atoms. The van der Waals surface area contributed by atoms with Gasteiger partial charge in [0.05, 0.1) is 12.2 Å². The first-order valence-electron chi connectivity index (χ1n) is 8.87. The Labute approximate surface area is 131 Å². The average Bonchev–Trinajstić information content (AvgIpc) is 2.86. The van der Waals surface area contributed by atoms with Gasteiger partial charge in [0.15, 0.2) is 0 Å². The molecule has 0 amide bonds. The summed E-state index contributed by atoms with van der Waals surface area (Å²) in [6, 6.07) is 0.686. The predicted octanol–water partition coefficient (Wildman–Crippen LogP) is 1.81. The summed E-state index contributed by atoms with van der Waals surface area (Å²) >= 11 is 0. The van der Waals surface area contributed by atoms with Gasteiger partial charge in [0.2, 0.25) is 0 Å². The van der Waals surface area contributed by atoms with Crippen molar-refractivity contribution < 1.29 is 4.74 Å². The van der Waals surface area contributed by atoms with Crippen LogP contribution in [0.5, 0.6) is 0 Å². The fourth-order valence-corrected chi connectivity index (χ4v) is 3.35. The lowest BCUT2D eigenvalue weighted by Crippen LogP contribution is -2.50. The second-order valence-electron chi connectivity index (χ2n) is 7.44. The summed E-state index contributed by atoms with van der Waals surface area (Å²) in [5, 5.41) is 3.52. The molecular weight excluding hydrogens is 262 g/mol. The Kier molecular flexibility index (Phi) is 6.93. The van der Waals surface area contributed by atoms with Crippen LogP contribution >= 0.6 is 0 Å². The topological polar surface area (TPSA) is 27.7 Å². The molecular formula is C17H35N3O. The van der Waals surface area contributed by atoms with Crippen molar-refractivity contribution in [3.63, 3.8) is 0 Å². The average molecular weight is 297 g/mol. The Bertz CT molecular complexity index is 288. The lowest BCUT2D eigenvalue weighted by molar-refractivity contribution is 0.00981. The van der Waals surface area contributed by atoms with Crippen molar-refractivity contribution in [1.82, 2.24) is 15.1 Å². The van der Waals surface area contributed by atoms with Crippen LogP contribution in [0.4, 0.5) is 0 Å². The highest BCUT2D eigenvalue weighted by Crippen LogP contribution is 2.21. The van der Waals surface area contributed by atoms with E-state index in [0.29, 0.717) is 18.2 Å². The summed E-state index contributed by atoms with van der Waals surface area (Å²) in [6.45, 7) is 17.2. The lowest BCUT2D eigenvalue weighted by atomic mass is 10.1. The van der Waals surface area contributed by atoms with E-state index in [0.717, 1.165) is 25.6 Å². The lowest BCUT2D eigenvalue weighted by Gasteiger charge is -2.37. The minimum Gasteiger partial charge on any atom is -0.372 e. The Morgan fingerprint density at radius 3 is 2.29 bits per heavy atom. The molecule has 4 heteroatoms. The van der Waals surface area contributed by atoms with Gasteiger partial charge in [-0.25, -0.2) is 0 Å². The Balaban J connectivity index is 1.60. The molecule has 0 aromatic rings. The molecule has 0 radical (unpaired) electrons. The number of hydrogen-bond donors (Lipinski definition) is 1. The molecule has 2 aliphatic heterocycles. The maximum absolute atomic E-state index is 6.20. The van der Waals surface area contributed by atoms with E-state index in [4.69, 9.17) is 4.74 Å². The summed E-state index contributed by atoms with van der Waals surface area (Å²) in [5.41, 5.74) is 0. The van der Waals surface area contributed by atoms with E-state index < -0.39 is 0 Å². The molecule has 1 N–H and O–H groups in total. The third-order valence-electron chi connectivity index (χ3n) is 4.72. The summed E-state index contributed by atoms with van der Waals surface area (Å²) in [6.07, 6.45) is 3.35. The van der Waals surface area contributed by atoms with Crippen molar-refractivity contribution in [2.45, 2.75) is 58.8 Å². The van der Waals surface area contributed by atoms with Gasteiger partial charge < -0.3 is 10.1 Å². The molecule has 0 aromatic carbocycles. The zero-order valence-electron chi connectivity index (χ0n) is 14.5. The minimum absolute atomic E-state index is 0.436. The highest BCUT2D eigenvalue weighted by molar-refractivity contribution is 4.81. The van der Waals surface area contributed by atoms with Crippen molar-refractivity contribution in [2.24, 2.45) is 5.92 Å². The zero-order valence-corrected chi connectivity index (χ0v) is 14.5. The fourth-order valence-electron chi connectivity index (χ4n) is 3.35. The molecule has 124 valence electrons. The highest BCUT2D eigenvalue weighted by Gasteiger charge is 2.28. The van der Waals surface area contributed by atoms with E-state index in [-0.39, 0.29) is 0 Å². The molecule has 0 aromatic heterocycles. The van der Waals surface area contributed by atoms with Crippen LogP contribution < -0.4 is 5.32 Å². The van der Waals surface area contributed by atoms with Gasteiger partial charge in [0, 0.05) is 45.3 Å². The molecule has 2 rings (SSSR count). The molecule has 0 aliphatic carbocycles. The molecule has 2 atom stereocenters. The van der Waals surface area contributed by atoms with Crippen LogP contribution in [-0.2, 0) is 4.74 Å². The molecule has 0 spiro atoms. The maximum Gasteiger partial charge on any atom is 0.0707 e. The number of piperazine rings is 1. The third kappa shape index (κ3) is 5.85. The molecule has 2 aliphatic rings. The van der Waals surface area contributed by atoms with E-state index in [2.05, 4.69) is 42.8 Å². The van der Waals surface area contributed by atoms with Gasteiger partial charge in [0.25, 0.3) is 0 Å². The molecule has 2 heterocycles. The number of ether oxygens (including phenoxy) is 1. The quantitative estimate of drug-likeness (QED) is 0.775. The van der Waals surface area contributed by atoms with E-state index in [1.54, 1.807) is 0 Å². The third-order valence-corrected chi connectivity index (χ3v) is 4.72.